The van der Waals surface area contributed by atoms with E-state index in [4.69, 9.17) is 11.6 Å². The molecule has 2 rings (SSSR count). The van der Waals surface area contributed by atoms with E-state index in [0.717, 1.165) is 19.5 Å². The van der Waals surface area contributed by atoms with Crippen molar-refractivity contribution in [2.45, 2.75) is 16.7 Å². The van der Waals surface area contributed by atoms with Crippen LogP contribution in [0.25, 0.3) is 0 Å². The number of aromatic nitrogens is 2. The quantitative estimate of drug-likeness (QED) is 0.758. The van der Waals surface area contributed by atoms with Crippen molar-refractivity contribution in [1.82, 2.24) is 15.3 Å². The van der Waals surface area contributed by atoms with Crippen LogP contribution in [-0.4, -0.2) is 32.5 Å². The summed E-state index contributed by atoms with van der Waals surface area (Å²) in [5.41, 5.74) is 0. The minimum Gasteiger partial charge on any atom is -0.315 e. The van der Waals surface area contributed by atoms with Crippen LogP contribution in [0.15, 0.2) is 17.4 Å². The van der Waals surface area contributed by atoms with Gasteiger partial charge in [-0.25, -0.2) is 9.97 Å². The number of nitrogens with zero attached hydrogens (tertiary/aromatic N) is 2. The summed E-state index contributed by atoms with van der Waals surface area (Å²) in [6, 6.07) is 1.57. The van der Waals surface area contributed by atoms with E-state index >= 15 is 0 Å². The summed E-state index contributed by atoms with van der Waals surface area (Å²) in [6.07, 6.45) is 2.27. The molecule has 0 aliphatic carbocycles. The fourth-order valence-electron chi connectivity index (χ4n) is 1.41. The van der Waals surface area contributed by atoms with Crippen LogP contribution < -0.4 is 5.32 Å². The molecule has 1 saturated heterocycles. The molecule has 1 aliphatic heterocycles. The second kappa shape index (κ2) is 4.33. The minimum atomic E-state index is -1.07. The van der Waals surface area contributed by atoms with Gasteiger partial charge in [0, 0.05) is 12.6 Å². The summed E-state index contributed by atoms with van der Waals surface area (Å²) < 4.78 is 11.9. The molecular weight excluding hydrogens is 222 g/mol. The van der Waals surface area contributed by atoms with Crippen LogP contribution in [0.3, 0.4) is 0 Å². The molecule has 1 fully saturated rings. The van der Waals surface area contributed by atoms with Gasteiger partial charge in [0.05, 0.1) is 16.0 Å². The first-order valence-corrected chi connectivity index (χ1v) is 5.95. The van der Waals surface area contributed by atoms with E-state index in [1.807, 2.05) is 0 Å². The molecule has 1 aromatic heterocycles. The third kappa shape index (κ3) is 2.10. The fraction of sp³-hybridized carbons (Fsp3) is 0.500. The molecule has 0 unspecified atom stereocenters. The maximum absolute atomic E-state index is 11.9. The Hall–Kier alpha value is -0.520. The van der Waals surface area contributed by atoms with Crippen LogP contribution in [0.1, 0.15) is 6.42 Å². The summed E-state index contributed by atoms with van der Waals surface area (Å²) in [7, 11) is -1.07. The van der Waals surface area contributed by atoms with Gasteiger partial charge in [0.1, 0.15) is 16.5 Å². The number of halogens is 1. The second-order valence-electron chi connectivity index (χ2n) is 3.09. The van der Waals surface area contributed by atoms with Gasteiger partial charge in [0.15, 0.2) is 0 Å². The lowest BCUT2D eigenvalue weighted by molar-refractivity contribution is 0.669. The number of rotatable bonds is 2. The third-order valence-corrected chi connectivity index (χ3v) is 3.98. The van der Waals surface area contributed by atoms with E-state index in [0.29, 0.717) is 10.2 Å². The molecule has 76 valence electrons. The molecule has 0 bridgehead atoms. The smallest absolute Gasteiger partial charge is 0.133 e. The Bertz CT molecular complexity index is 354. The summed E-state index contributed by atoms with van der Waals surface area (Å²) in [4.78, 5) is 7.71. The molecule has 14 heavy (non-hydrogen) atoms. The number of nitrogens with one attached hydrogen (secondary N) is 1. The van der Waals surface area contributed by atoms with Gasteiger partial charge in [0.25, 0.3) is 0 Å². The van der Waals surface area contributed by atoms with Gasteiger partial charge in [-0.1, -0.05) is 11.6 Å². The first-order chi connectivity index (χ1) is 6.77. The fourth-order valence-corrected chi connectivity index (χ4v) is 2.94. The second-order valence-corrected chi connectivity index (χ2v) is 5.16. The van der Waals surface area contributed by atoms with Crippen molar-refractivity contribution >= 4 is 22.4 Å². The third-order valence-electron chi connectivity index (χ3n) is 2.13. The Morgan fingerprint density at radius 1 is 1.57 bits per heavy atom. The van der Waals surface area contributed by atoms with E-state index in [1.54, 1.807) is 6.07 Å². The zero-order chi connectivity index (χ0) is 9.97. The van der Waals surface area contributed by atoms with E-state index in [1.165, 1.54) is 6.33 Å². The largest absolute Gasteiger partial charge is 0.315 e. The lowest BCUT2D eigenvalue weighted by Gasteiger charge is -2.06. The first kappa shape index (κ1) is 10.0. The van der Waals surface area contributed by atoms with Crippen LogP contribution in [0, 0.1) is 0 Å². The molecule has 0 radical (unpaired) electrons. The van der Waals surface area contributed by atoms with Gasteiger partial charge in [-0.2, -0.15) is 0 Å². The van der Waals surface area contributed by atoms with Crippen LogP contribution in [0.5, 0.6) is 0 Å². The van der Waals surface area contributed by atoms with Crippen LogP contribution in [-0.2, 0) is 10.8 Å². The van der Waals surface area contributed by atoms with E-state index in [2.05, 4.69) is 15.3 Å². The van der Waals surface area contributed by atoms with Crippen molar-refractivity contribution < 1.29 is 4.21 Å². The molecule has 2 atom stereocenters. The van der Waals surface area contributed by atoms with Crippen molar-refractivity contribution in [1.29, 1.82) is 0 Å². The first-order valence-electron chi connectivity index (χ1n) is 4.36. The van der Waals surface area contributed by atoms with Crippen molar-refractivity contribution in [3.8, 4) is 0 Å². The lowest BCUT2D eigenvalue weighted by Crippen LogP contribution is -2.19. The number of hydrogen-bond donors (Lipinski definition) is 1. The molecule has 1 aliphatic rings. The molecule has 0 amide bonds. The van der Waals surface area contributed by atoms with E-state index in [9.17, 15) is 4.21 Å². The number of hydrogen-bond acceptors (Lipinski definition) is 4. The highest BCUT2D eigenvalue weighted by Crippen LogP contribution is 2.15. The normalized spacial score (nSPS) is 23.6. The van der Waals surface area contributed by atoms with E-state index < -0.39 is 10.8 Å². The summed E-state index contributed by atoms with van der Waals surface area (Å²) in [5, 5.41) is 4.19. The predicted molar refractivity (Wildman–Crippen MR) is 54.7 cm³/mol. The Kier molecular flexibility index (Phi) is 3.10. The monoisotopic (exact) mass is 231 g/mol. The molecule has 0 aromatic carbocycles. The topological polar surface area (TPSA) is 54.9 Å². The van der Waals surface area contributed by atoms with Crippen molar-refractivity contribution in [2.24, 2.45) is 0 Å². The molecule has 6 heteroatoms. The average Bonchev–Trinajstić information content (AvgIpc) is 2.69. The van der Waals surface area contributed by atoms with Gasteiger partial charge >= 0.3 is 0 Å². The maximum atomic E-state index is 11.9. The SMILES string of the molecule is O=[S@](c1cc(Cl)ncn1)[C@H]1CCNC1. The van der Waals surface area contributed by atoms with Gasteiger partial charge in [-0.05, 0) is 13.0 Å². The zero-order valence-corrected chi connectivity index (χ0v) is 9.01. The zero-order valence-electron chi connectivity index (χ0n) is 7.44. The van der Waals surface area contributed by atoms with Gasteiger partial charge in [0.2, 0.25) is 0 Å². The highest BCUT2D eigenvalue weighted by molar-refractivity contribution is 7.85. The van der Waals surface area contributed by atoms with Gasteiger partial charge in [-0.3, -0.25) is 4.21 Å². The minimum absolute atomic E-state index is 0.154. The van der Waals surface area contributed by atoms with Gasteiger partial charge in [-0.15, -0.1) is 0 Å². The van der Waals surface area contributed by atoms with Gasteiger partial charge < -0.3 is 5.32 Å². The summed E-state index contributed by atoms with van der Waals surface area (Å²) >= 11 is 5.69. The molecule has 4 nitrogen and oxygen atoms in total. The summed E-state index contributed by atoms with van der Waals surface area (Å²) in [5.74, 6) is 0. The summed E-state index contributed by atoms with van der Waals surface area (Å²) in [6.45, 7) is 1.71. The highest BCUT2D eigenvalue weighted by Gasteiger charge is 2.23. The Morgan fingerprint density at radius 2 is 2.43 bits per heavy atom. The lowest BCUT2D eigenvalue weighted by atomic mass is 10.4. The van der Waals surface area contributed by atoms with Crippen molar-refractivity contribution in [2.75, 3.05) is 13.1 Å². The molecule has 0 saturated carbocycles. The molecule has 2 heterocycles. The molecule has 1 N–H and O–H groups in total. The standard InChI is InChI=1S/C8H10ClN3OS/c9-7-3-8(12-5-11-7)14(13)6-1-2-10-4-6/h3,5-6,10H,1-2,4H2/t6-,14-/m0/s1. The molecule has 0 spiro atoms. The average molecular weight is 232 g/mol. The Balaban J connectivity index is 2.17. The molecule has 1 aromatic rings. The Labute approximate surface area is 89.6 Å². The van der Waals surface area contributed by atoms with Crippen LogP contribution >= 0.6 is 11.6 Å². The van der Waals surface area contributed by atoms with Crippen molar-refractivity contribution in [3.63, 3.8) is 0 Å². The highest BCUT2D eigenvalue weighted by atomic mass is 35.5. The predicted octanol–water partition coefficient (Wildman–Crippen LogP) is 0.599. The Morgan fingerprint density at radius 3 is 3.07 bits per heavy atom. The van der Waals surface area contributed by atoms with E-state index in [-0.39, 0.29) is 5.25 Å². The maximum Gasteiger partial charge on any atom is 0.133 e. The molecular formula is C8H10ClN3OS. The van der Waals surface area contributed by atoms with Crippen LogP contribution in [0.2, 0.25) is 5.15 Å². The van der Waals surface area contributed by atoms with Crippen LogP contribution in [0.4, 0.5) is 0 Å². The van der Waals surface area contributed by atoms with Crippen molar-refractivity contribution in [3.05, 3.63) is 17.5 Å².